The standard InChI is InChI=1S/C22H25ClN4O4S/c1-15-18(20(28)27-12-21(2,11-24)13-27)9-19(25-15)32(29,30)26-22(7-8-31-14-22)10-16-3-5-17(23)6-4-16/h3-6,9,25-26H,7-8,10,12-14H2,1-2H3/t22-/m1/s1. The molecule has 1 amide bonds. The molecule has 2 aliphatic heterocycles. The minimum atomic E-state index is -3.94. The number of hydrogen-bond donors (Lipinski definition) is 2. The second-order valence-corrected chi connectivity index (χ2v) is 11.1. The fourth-order valence-electron chi connectivity index (χ4n) is 4.27. The zero-order chi connectivity index (χ0) is 23.1. The second-order valence-electron chi connectivity index (χ2n) is 9.00. The fraction of sp³-hybridized carbons (Fsp3) is 0.455. The van der Waals surface area contributed by atoms with Crippen molar-refractivity contribution in [3.8, 4) is 6.07 Å². The molecule has 3 heterocycles. The Labute approximate surface area is 192 Å². The molecule has 0 unspecified atom stereocenters. The van der Waals surface area contributed by atoms with E-state index in [0.29, 0.717) is 48.8 Å². The molecule has 2 fully saturated rings. The topological polar surface area (TPSA) is 115 Å². The number of nitrogens with zero attached hydrogens (tertiary/aromatic N) is 2. The van der Waals surface area contributed by atoms with Crippen molar-refractivity contribution < 1.29 is 17.9 Å². The molecule has 0 aliphatic carbocycles. The number of nitrogens with one attached hydrogen (secondary N) is 2. The lowest BCUT2D eigenvalue weighted by Gasteiger charge is -2.43. The molecule has 1 aromatic carbocycles. The molecule has 10 heteroatoms. The Morgan fingerprint density at radius 2 is 2.03 bits per heavy atom. The number of nitriles is 1. The van der Waals surface area contributed by atoms with Crippen LogP contribution >= 0.6 is 11.6 Å². The van der Waals surface area contributed by atoms with Crippen molar-refractivity contribution in [2.24, 2.45) is 5.41 Å². The van der Waals surface area contributed by atoms with Gasteiger partial charge in [-0.1, -0.05) is 23.7 Å². The Hall–Kier alpha value is -2.38. The van der Waals surface area contributed by atoms with E-state index >= 15 is 0 Å². The number of aromatic nitrogens is 1. The van der Waals surface area contributed by atoms with Gasteiger partial charge in [-0.05, 0) is 50.5 Å². The summed E-state index contributed by atoms with van der Waals surface area (Å²) < 4.78 is 34.8. The largest absolute Gasteiger partial charge is 0.379 e. The first kappa shape index (κ1) is 22.8. The maximum absolute atomic E-state index is 13.2. The van der Waals surface area contributed by atoms with Crippen LogP contribution in [0.25, 0.3) is 0 Å². The van der Waals surface area contributed by atoms with Gasteiger partial charge < -0.3 is 14.6 Å². The lowest BCUT2D eigenvalue weighted by atomic mass is 9.83. The van der Waals surface area contributed by atoms with Crippen molar-refractivity contribution in [1.82, 2.24) is 14.6 Å². The summed E-state index contributed by atoms with van der Waals surface area (Å²) in [5, 5.41) is 9.71. The van der Waals surface area contributed by atoms with Crippen molar-refractivity contribution in [2.45, 2.75) is 37.3 Å². The molecule has 32 heavy (non-hydrogen) atoms. The van der Waals surface area contributed by atoms with Gasteiger partial charge in [-0.2, -0.15) is 5.26 Å². The summed E-state index contributed by atoms with van der Waals surface area (Å²) >= 11 is 5.97. The van der Waals surface area contributed by atoms with Crippen LogP contribution in [-0.4, -0.2) is 56.1 Å². The molecular formula is C22H25ClN4O4S. The molecule has 1 aromatic heterocycles. The van der Waals surface area contributed by atoms with Gasteiger partial charge in [0, 0.05) is 30.4 Å². The SMILES string of the molecule is Cc1[nH]c(S(=O)(=O)N[C@@]2(Cc3ccc(Cl)cc3)CCOC2)cc1C(=O)N1CC(C)(C#N)C1. The van der Waals surface area contributed by atoms with E-state index in [0.717, 1.165) is 5.56 Å². The number of aromatic amines is 1. The summed E-state index contributed by atoms with van der Waals surface area (Å²) in [6, 6.07) is 10.9. The predicted molar refractivity (Wildman–Crippen MR) is 119 cm³/mol. The molecule has 2 N–H and O–H groups in total. The van der Waals surface area contributed by atoms with Gasteiger partial charge >= 0.3 is 0 Å². The van der Waals surface area contributed by atoms with Crippen LogP contribution in [0.15, 0.2) is 35.4 Å². The van der Waals surface area contributed by atoms with Gasteiger partial charge in [0.25, 0.3) is 15.9 Å². The summed E-state index contributed by atoms with van der Waals surface area (Å²) in [7, 11) is -3.94. The van der Waals surface area contributed by atoms with Gasteiger partial charge in [-0.15, -0.1) is 0 Å². The molecule has 0 saturated carbocycles. The van der Waals surface area contributed by atoms with Crippen LogP contribution in [0, 0.1) is 23.7 Å². The number of benzene rings is 1. The molecular weight excluding hydrogens is 452 g/mol. The van der Waals surface area contributed by atoms with Gasteiger partial charge in [0.05, 0.1) is 29.2 Å². The highest BCUT2D eigenvalue weighted by atomic mass is 35.5. The van der Waals surface area contributed by atoms with Gasteiger partial charge in [0.15, 0.2) is 0 Å². The van der Waals surface area contributed by atoms with Crippen molar-refractivity contribution in [1.29, 1.82) is 5.26 Å². The number of carbonyl (C=O) groups is 1. The number of H-pyrrole nitrogens is 1. The normalized spacial score (nSPS) is 22.4. The number of rotatable bonds is 6. The van der Waals surface area contributed by atoms with E-state index in [2.05, 4.69) is 15.8 Å². The van der Waals surface area contributed by atoms with Crippen molar-refractivity contribution >= 4 is 27.5 Å². The first-order valence-electron chi connectivity index (χ1n) is 10.3. The predicted octanol–water partition coefficient (Wildman–Crippen LogP) is 2.64. The van der Waals surface area contributed by atoms with Crippen LogP contribution in [0.4, 0.5) is 0 Å². The number of ether oxygens (including phenoxy) is 1. The minimum Gasteiger partial charge on any atom is -0.379 e. The average Bonchev–Trinajstić information content (AvgIpc) is 3.33. The van der Waals surface area contributed by atoms with Crippen molar-refractivity contribution in [3.63, 3.8) is 0 Å². The highest BCUT2D eigenvalue weighted by Gasteiger charge is 2.43. The van der Waals surface area contributed by atoms with Crippen LogP contribution in [0.5, 0.6) is 0 Å². The monoisotopic (exact) mass is 476 g/mol. The van der Waals surface area contributed by atoms with Gasteiger partial charge in [0.1, 0.15) is 5.03 Å². The Morgan fingerprint density at radius 1 is 1.34 bits per heavy atom. The van der Waals surface area contributed by atoms with Crippen LogP contribution in [0.2, 0.25) is 5.02 Å². The highest BCUT2D eigenvalue weighted by molar-refractivity contribution is 7.89. The van der Waals surface area contributed by atoms with Crippen LogP contribution in [0.1, 0.15) is 35.0 Å². The number of likely N-dealkylation sites (tertiary alicyclic amines) is 1. The van der Waals surface area contributed by atoms with Crippen LogP contribution < -0.4 is 4.72 Å². The Morgan fingerprint density at radius 3 is 2.62 bits per heavy atom. The van der Waals surface area contributed by atoms with Crippen molar-refractivity contribution in [2.75, 3.05) is 26.3 Å². The molecule has 2 saturated heterocycles. The Balaban J connectivity index is 1.54. The first-order valence-corrected chi connectivity index (χ1v) is 12.2. The number of carbonyl (C=O) groups excluding carboxylic acids is 1. The number of aryl methyl sites for hydroxylation is 1. The number of amides is 1. The number of sulfonamides is 1. The maximum atomic E-state index is 13.2. The summed E-state index contributed by atoms with van der Waals surface area (Å²) in [5.41, 5.74) is 0.365. The molecule has 8 nitrogen and oxygen atoms in total. The summed E-state index contributed by atoms with van der Waals surface area (Å²) in [6.07, 6.45) is 0.982. The van der Waals surface area contributed by atoms with Crippen molar-refractivity contribution in [3.05, 3.63) is 52.2 Å². The van der Waals surface area contributed by atoms with E-state index in [-0.39, 0.29) is 17.5 Å². The number of hydrogen-bond acceptors (Lipinski definition) is 5. The summed E-state index contributed by atoms with van der Waals surface area (Å²) in [5.74, 6) is -0.284. The highest BCUT2D eigenvalue weighted by Crippen LogP contribution is 2.32. The molecule has 170 valence electrons. The molecule has 1 atom stereocenters. The first-order chi connectivity index (χ1) is 15.0. The lowest BCUT2D eigenvalue weighted by Crippen LogP contribution is -2.56. The van der Waals surface area contributed by atoms with E-state index in [1.54, 1.807) is 30.9 Å². The summed E-state index contributed by atoms with van der Waals surface area (Å²) in [6.45, 7) is 4.82. The molecule has 2 aromatic rings. The summed E-state index contributed by atoms with van der Waals surface area (Å²) in [4.78, 5) is 17.2. The minimum absolute atomic E-state index is 0.0655. The quantitative estimate of drug-likeness (QED) is 0.665. The Bertz CT molecular complexity index is 1170. The third-order valence-corrected chi connectivity index (χ3v) is 7.81. The van der Waals surface area contributed by atoms with Crippen LogP contribution in [-0.2, 0) is 21.2 Å². The third kappa shape index (κ3) is 4.41. The fourth-order valence-corrected chi connectivity index (χ4v) is 5.87. The van der Waals surface area contributed by atoms with Crippen LogP contribution in [0.3, 0.4) is 0 Å². The van der Waals surface area contributed by atoms with E-state index < -0.39 is 21.0 Å². The van der Waals surface area contributed by atoms with Gasteiger partial charge in [-0.25, -0.2) is 13.1 Å². The molecule has 0 spiro atoms. The average molecular weight is 477 g/mol. The molecule has 4 rings (SSSR count). The van der Waals surface area contributed by atoms with Gasteiger partial charge in [-0.3, -0.25) is 4.79 Å². The second kappa shape index (κ2) is 8.19. The van der Waals surface area contributed by atoms with E-state index in [1.807, 2.05) is 12.1 Å². The van der Waals surface area contributed by atoms with E-state index in [9.17, 15) is 13.2 Å². The van der Waals surface area contributed by atoms with E-state index in [4.69, 9.17) is 21.6 Å². The van der Waals surface area contributed by atoms with E-state index in [1.165, 1.54) is 6.07 Å². The lowest BCUT2D eigenvalue weighted by molar-refractivity contribution is 0.0368. The number of halogens is 1. The molecule has 0 bridgehead atoms. The molecule has 2 aliphatic rings. The smallest absolute Gasteiger partial charge is 0.256 e. The Kier molecular flexibility index (Phi) is 5.84. The zero-order valence-corrected chi connectivity index (χ0v) is 19.5. The maximum Gasteiger partial charge on any atom is 0.256 e. The third-order valence-electron chi connectivity index (χ3n) is 6.06. The zero-order valence-electron chi connectivity index (χ0n) is 17.9. The molecule has 0 radical (unpaired) electrons. The van der Waals surface area contributed by atoms with Gasteiger partial charge in [0.2, 0.25) is 0 Å².